The van der Waals surface area contributed by atoms with Crippen LogP contribution in [-0.2, 0) is 34.0 Å². The maximum atomic E-state index is 13.7. The highest BCUT2D eigenvalue weighted by Gasteiger charge is 2.33. The summed E-state index contributed by atoms with van der Waals surface area (Å²) in [5.41, 5.74) is 4.01. The summed E-state index contributed by atoms with van der Waals surface area (Å²) in [6.45, 7) is 3.57. The number of hydrogen-bond acceptors (Lipinski definition) is 5. The topological polar surface area (TPSA) is 67.1 Å². The van der Waals surface area contributed by atoms with E-state index in [-0.39, 0.29) is 18.4 Å². The standard InChI is InChI=1S/C32H30N4O3S/c37-30(34-15-17-39-18-16-34)23-35-22-26(27-13-7-8-14-28(27)35)19-29-31(38)36(21-25-11-5-2-6-12-25)32(40-29)33-20-24-9-3-1-4-10-24/h1-14,19,22H,15-18,20-21,23H2/b29-19-,33-32?. The average molecular weight is 551 g/mol. The lowest BCUT2D eigenvalue weighted by Gasteiger charge is -2.27. The van der Waals surface area contributed by atoms with Gasteiger partial charge in [-0.2, -0.15) is 0 Å². The predicted octanol–water partition coefficient (Wildman–Crippen LogP) is 5.17. The Morgan fingerprint density at radius 1 is 0.900 bits per heavy atom. The van der Waals surface area contributed by atoms with Gasteiger partial charge >= 0.3 is 0 Å². The number of rotatable bonds is 7. The van der Waals surface area contributed by atoms with Gasteiger partial charge in [-0.1, -0.05) is 78.9 Å². The zero-order chi connectivity index (χ0) is 27.3. The molecule has 0 spiro atoms. The fraction of sp³-hybridized carbons (Fsp3) is 0.219. The number of ether oxygens (including phenoxy) is 1. The number of carbonyl (C=O) groups is 2. The number of amidine groups is 1. The van der Waals surface area contributed by atoms with Crippen molar-refractivity contribution in [2.24, 2.45) is 4.99 Å². The van der Waals surface area contributed by atoms with Crippen molar-refractivity contribution >= 4 is 45.7 Å². The van der Waals surface area contributed by atoms with Crippen molar-refractivity contribution < 1.29 is 14.3 Å². The van der Waals surface area contributed by atoms with Crippen LogP contribution in [-0.4, -0.2) is 57.7 Å². The van der Waals surface area contributed by atoms with Crippen LogP contribution in [0.25, 0.3) is 17.0 Å². The smallest absolute Gasteiger partial charge is 0.267 e. The molecule has 6 rings (SSSR count). The first kappa shape index (κ1) is 26.1. The number of benzene rings is 3. The molecule has 0 saturated carbocycles. The summed E-state index contributed by atoms with van der Waals surface area (Å²) in [4.78, 5) is 35.8. The van der Waals surface area contributed by atoms with Crippen molar-refractivity contribution in [1.82, 2.24) is 14.4 Å². The fourth-order valence-corrected chi connectivity index (χ4v) is 5.96. The van der Waals surface area contributed by atoms with Crippen LogP contribution in [0.2, 0.25) is 0 Å². The molecular formula is C32H30N4O3S. The summed E-state index contributed by atoms with van der Waals surface area (Å²) in [5.74, 6) is 0.000769. The van der Waals surface area contributed by atoms with Gasteiger partial charge in [-0.05, 0) is 35.0 Å². The Morgan fingerprint density at radius 2 is 1.57 bits per heavy atom. The number of para-hydroxylation sites is 1. The molecule has 2 aliphatic rings. The highest BCUT2D eigenvalue weighted by molar-refractivity contribution is 8.18. The maximum absolute atomic E-state index is 13.7. The SMILES string of the molecule is O=C(Cn1cc(/C=C2\SC(=NCc3ccccc3)N(Cc3ccccc3)C2=O)c2ccccc21)N1CCOCC1. The molecule has 0 atom stereocenters. The first-order valence-electron chi connectivity index (χ1n) is 13.4. The summed E-state index contributed by atoms with van der Waals surface area (Å²) in [6, 6.07) is 28.0. The third-order valence-electron chi connectivity index (χ3n) is 7.09. The molecule has 3 aromatic carbocycles. The number of morpholine rings is 1. The molecule has 3 heterocycles. The molecule has 2 saturated heterocycles. The second-order valence-corrected chi connectivity index (χ2v) is 10.8. The number of thioether (sulfide) groups is 1. The van der Waals surface area contributed by atoms with Crippen molar-refractivity contribution in [2.75, 3.05) is 26.3 Å². The van der Waals surface area contributed by atoms with Crippen LogP contribution in [0.15, 0.2) is 101 Å². The van der Waals surface area contributed by atoms with Gasteiger partial charge < -0.3 is 14.2 Å². The van der Waals surface area contributed by atoms with Gasteiger partial charge in [-0.25, -0.2) is 0 Å². The molecule has 0 radical (unpaired) electrons. The van der Waals surface area contributed by atoms with Crippen LogP contribution in [0.3, 0.4) is 0 Å². The minimum Gasteiger partial charge on any atom is -0.378 e. The highest BCUT2D eigenvalue weighted by Crippen LogP contribution is 2.35. The summed E-state index contributed by atoms with van der Waals surface area (Å²) >= 11 is 1.40. The monoisotopic (exact) mass is 550 g/mol. The fourth-order valence-electron chi connectivity index (χ4n) is 4.99. The van der Waals surface area contributed by atoms with E-state index >= 15 is 0 Å². The lowest BCUT2D eigenvalue weighted by molar-refractivity contribution is -0.135. The molecule has 0 unspecified atom stereocenters. The molecule has 8 heteroatoms. The number of hydrogen-bond donors (Lipinski definition) is 0. The Balaban J connectivity index is 1.31. The quantitative estimate of drug-likeness (QED) is 0.298. The second-order valence-electron chi connectivity index (χ2n) is 9.79. The normalized spacial score (nSPS) is 17.9. The minimum absolute atomic E-state index is 0.0677. The maximum Gasteiger partial charge on any atom is 0.267 e. The molecule has 1 aromatic heterocycles. The Kier molecular flexibility index (Phi) is 7.79. The first-order chi connectivity index (χ1) is 19.7. The minimum atomic E-state index is -0.0677. The Morgan fingerprint density at radius 3 is 2.33 bits per heavy atom. The van der Waals surface area contributed by atoms with Crippen molar-refractivity contribution in [2.45, 2.75) is 19.6 Å². The van der Waals surface area contributed by atoms with Gasteiger partial charge in [-0.3, -0.25) is 19.5 Å². The van der Waals surface area contributed by atoms with E-state index in [1.807, 2.05) is 107 Å². The third-order valence-corrected chi connectivity index (χ3v) is 8.13. The molecule has 40 heavy (non-hydrogen) atoms. The molecule has 0 N–H and O–H groups in total. The number of aromatic nitrogens is 1. The molecule has 0 bridgehead atoms. The van der Waals surface area contributed by atoms with Crippen molar-refractivity contribution in [3.63, 3.8) is 0 Å². The predicted molar refractivity (Wildman–Crippen MR) is 159 cm³/mol. The largest absolute Gasteiger partial charge is 0.378 e. The molecule has 2 aliphatic heterocycles. The van der Waals surface area contributed by atoms with Crippen LogP contribution < -0.4 is 0 Å². The van der Waals surface area contributed by atoms with E-state index in [0.29, 0.717) is 49.5 Å². The zero-order valence-electron chi connectivity index (χ0n) is 22.1. The summed E-state index contributed by atoms with van der Waals surface area (Å²) < 4.78 is 7.38. The molecular weight excluding hydrogens is 520 g/mol. The van der Waals surface area contributed by atoms with Crippen LogP contribution >= 0.6 is 11.8 Å². The van der Waals surface area contributed by atoms with Gasteiger partial charge in [0.05, 0.1) is 31.2 Å². The van der Waals surface area contributed by atoms with Crippen molar-refractivity contribution in [1.29, 1.82) is 0 Å². The van der Waals surface area contributed by atoms with Gasteiger partial charge in [0.1, 0.15) is 6.54 Å². The second kappa shape index (κ2) is 11.9. The van der Waals surface area contributed by atoms with Gasteiger partial charge in [0.15, 0.2) is 5.17 Å². The number of aliphatic imine (C=N–C) groups is 1. The summed E-state index contributed by atoms with van der Waals surface area (Å²) in [6.07, 6.45) is 3.92. The Labute approximate surface area is 237 Å². The van der Waals surface area contributed by atoms with E-state index in [2.05, 4.69) is 0 Å². The van der Waals surface area contributed by atoms with Crippen LogP contribution in [0, 0.1) is 0 Å². The van der Waals surface area contributed by atoms with Crippen molar-refractivity contribution in [3.8, 4) is 0 Å². The van der Waals surface area contributed by atoms with E-state index in [0.717, 1.165) is 27.6 Å². The number of amides is 2. The van der Waals surface area contributed by atoms with E-state index in [1.165, 1.54) is 11.8 Å². The molecule has 2 amide bonds. The number of carbonyl (C=O) groups excluding carboxylic acids is 2. The van der Waals surface area contributed by atoms with E-state index < -0.39 is 0 Å². The third kappa shape index (κ3) is 5.73. The van der Waals surface area contributed by atoms with Crippen LogP contribution in [0.1, 0.15) is 16.7 Å². The lowest BCUT2D eigenvalue weighted by atomic mass is 10.1. The first-order valence-corrected chi connectivity index (χ1v) is 14.2. The molecule has 0 aliphatic carbocycles. The summed E-state index contributed by atoms with van der Waals surface area (Å²) in [5, 5.41) is 1.69. The lowest BCUT2D eigenvalue weighted by Crippen LogP contribution is -2.42. The average Bonchev–Trinajstić information content (AvgIpc) is 3.50. The highest BCUT2D eigenvalue weighted by atomic mass is 32.2. The van der Waals surface area contributed by atoms with E-state index in [4.69, 9.17) is 9.73 Å². The summed E-state index contributed by atoms with van der Waals surface area (Å²) in [7, 11) is 0. The van der Waals surface area contributed by atoms with Gasteiger partial charge in [0.25, 0.3) is 5.91 Å². The van der Waals surface area contributed by atoms with E-state index in [1.54, 1.807) is 4.90 Å². The number of nitrogens with zero attached hydrogens (tertiary/aromatic N) is 4. The molecule has 202 valence electrons. The number of fused-ring (bicyclic) bond motifs is 1. The van der Waals surface area contributed by atoms with Crippen LogP contribution in [0.5, 0.6) is 0 Å². The Bertz CT molecular complexity index is 1570. The van der Waals surface area contributed by atoms with Gasteiger partial charge in [-0.15, -0.1) is 0 Å². The molecule has 2 fully saturated rings. The zero-order valence-corrected chi connectivity index (χ0v) is 22.9. The Hall–Kier alpha value is -4.14. The van der Waals surface area contributed by atoms with E-state index in [9.17, 15) is 9.59 Å². The molecule has 4 aromatic rings. The van der Waals surface area contributed by atoms with Gasteiger partial charge in [0, 0.05) is 35.8 Å². The van der Waals surface area contributed by atoms with Crippen LogP contribution in [0.4, 0.5) is 0 Å². The molecule has 7 nitrogen and oxygen atoms in total. The van der Waals surface area contributed by atoms with Crippen molar-refractivity contribution in [3.05, 3.63) is 113 Å². The van der Waals surface area contributed by atoms with Gasteiger partial charge in [0.2, 0.25) is 5.91 Å².